The maximum absolute atomic E-state index is 8.49. The molecule has 0 aliphatic carbocycles. The third-order valence-corrected chi connectivity index (χ3v) is 1.18. The van der Waals surface area contributed by atoms with E-state index >= 15 is 0 Å². The van der Waals surface area contributed by atoms with Crippen molar-refractivity contribution in [2.45, 2.75) is 0 Å². The van der Waals surface area contributed by atoms with Gasteiger partial charge in [-0.15, -0.1) is 0 Å². The zero-order chi connectivity index (χ0) is 8.10. The molecule has 0 unspecified atom stereocenters. The second-order valence-electron chi connectivity index (χ2n) is 1.90. The summed E-state index contributed by atoms with van der Waals surface area (Å²) in [6, 6.07) is 1.93. The molecule has 0 spiro atoms. The Balaban J connectivity index is 2.87. The van der Waals surface area contributed by atoms with E-state index in [1.54, 1.807) is 12.2 Å². The van der Waals surface area contributed by atoms with Gasteiger partial charge in [0, 0.05) is 5.56 Å². The number of aliphatic hydroxyl groups excluding tert-OH is 1. The van der Waals surface area contributed by atoms with E-state index in [2.05, 4.69) is 10.2 Å². The van der Waals surface area contributed by atoms with Crippen molar-refractivity contribution in [3.8, 4) is 6.07 Å². The fraction of sp³-hybridized carbons (Fsp3) is 0.143. The first kappa shape index (κ1) is 7.51. The largest absolute Gasteiger partial charge is 0.392 e. The summed E-state index contributed by atoms with van der Waals surface area (Å²) in [6.45, 7) is -0.0317. The third kappa shape index (κ3) is 1.66. The Labute approximate surface area is 63.8 Å². The maximum atomic E-state index is 8.49. The number of nitriles is 1. The van der Waals surface area contributed by atoms with Crippen LogP contribution in [0.1, 0.15) is 11.3 Å². The minimum atomic E-state index is -0.0317. The zero-order valence-electron chi connectivity index (χ0n) is 5.78. The molecule has 1 heterocycles. The number of nitrogens with zero attached hydrogens (tertiary/aromatic N) is 2. The van der Waals surface area contributed by atoms with Crippen molar-refractivity contribution in [1.29, 1.82) is 5.26 Å². The quantitative estimate of drug-likeness (QED) is 0.634. The molecule has 1 aromatic heterocycles. The van der Waals surface area contributed by atoms with Gasteiger partial charge in [0.1, 0.15) is 11.8 Å². The van der Waals surface area contributed by atoms with E-state index in [-0.39, 0.29) is 6.61 Å². The molecule has 0 saturated heterocycles. The zero-order valence-corrected chi connectivity index (χ0v) is 5.78. The molecule has 0 fully saturated rings. The topological polar surface area (TPSA) is 72.7 Å². The fourth-order valence-electron chi connectivity index (χ4n) is 0.691. The van der Waals surface area contributed by atoms with E-state index in [9.17, 15) is 0 Å². The molecule has 56 valence electrons. The highest BCUT2D eigenvalue weighted by molar-refractivity contribution is 5.54. The Morgan fingerprint density at radius 3 is 3.27 bits per heavy atom. The first-order chi connectivity index (χ1) is 5.38. The van der Waals surface area contributed by atoms with Crippen LogP contribution in [0.15, 0.2) is 12.3 Å². The van der Waals surface area contributed by atoms with Crippen LogP contribution in [-0.2, 0) is 0 Å². The molecule has 0 atom stereocenters. The van der Waals surface area contributed by atoms with E-state index in [0.29, 0.717) is 11.3 Å². The second-order valence-corrected chi connectivity index (χ2v) is 1.90. The average molecular weight is 149 g/mol. The molecule has 0 bridgehead atoms. The molecule has 0 saturated carbocycles. The molecule has 4 heteroatoms. The highest BCUT2D eigenvalue weighted by atomic mass is 16.2. The Bertz CT molecular complexity index is 295. The van der Waals surface area contributed by atoms with Crippen LogP contribution in [0.5, 0.6) is 0 Å². The minimum absolute atomic E-state index is 0.0317. The molecule has 0 aliphatic heterocycles. The summed E-state index contributed by atoms with van der Waals surface area (Å²) in [5.74, 6) is 0. The van der Waals surface area contributed by atoms with Gasteiger partial charge in [0.05, 0.1) is 12.8 Å². The lowest BCUT2D eigenvalue weighted by Crippen LogP contribution is -1.77. The summed E-state index contributed by atoms with van der Waals surface area (Å²) >= 11 is 0. The lowest BCUT2D eigenvalue weighted by Gasteiger charge is -1.82. The Morgan fingerprint density at radius 1 is 1.82 bits per heavy atom. The number of aromatic nitrogens is 2. The molecular weight excluding hydrogens is 142 g/mol. The van der Waals surface area contributed by atoms with Crippen molar-refractivity contribution in [3.05, 3.63) is 23.5 Å². The Kier molecular flexibility index (Phi) is 2.42. The van der Waals surface area contributed by atoms with E-state index in [1.807, 2.05) is 6.07 Å². The van der Waals surface area contributed by atoms with Crippen LogP contribution in [0.4, 0.5) is 0 Å². The number of H-pyrrole nitrogens is 1. The molecular formula is C7H7N3O. The minimum Gasteiger partial charge on any atom is -0.392 e. The first-order valence-electron chi connectivity index (χ1n) is 3.09. The van der Waals surface area contributed by atoms with Crippen molar-refractivity contribution in [2.75, 3.05) is 6.61 Å². The summed E-state index contributed by atoms with van der Waals surface area (Å²) in [4.78, 5) is 0. The molecule has 4 nitrogen and oxygen atoms in total. The van der Waals surface area contributed by atoms with Gasteiger partial charge >= 0.3 is 0 Å². The highest BCUT2D eigenvalue weighted by Gasteiger charge is 1.97. The normalized spacial score (nSPS) is 10.2. The van der Waals surface area contributed by atoms with Gasteiger partial charge in [0.2, 0.25) is 0 Å². The van der Waals surface area contributed by atoms with Crippen molar-refractivity contribution in [3.63, 3.8) is 0 Å². The SMILES string of the molecule is N#Cc1[nH]ncc1C=CCO. The standard InChI is InChI=1S/C7H7N3O/c8-4-7-6(2-1-3-11)5-9-10-7/h1-2,5,11H,3H2,(H,9,10). The van der Waals surface area contributed by atoms with Gasteiger partial charge in [-0.2, -0.15) is 10.4 Å². The van der Waals surface area contributed by atoms with Crippen LogP contribution in [0, 0.1) is 11.3 Å². The van der Waals surface area contributed by atoms with Crippen LogP contribution >= 0.6 is 0 Å². The molecule has 0 aromatic carbocycles. The van der Waals surface area contributed by atoms with E-state index in [1.165, 1.54) is 6.20 Å². The lowest BCUT2D eigenvalue weighted by atomic mass is 10.2. The predicted molar refractivity (Wildman–Crippen MR) is 39.4 cm³/mol. The van der Waals surface area contributed by atoms with Gasteiger partial charge in [-0.3, -0.25) is 5.10 Å². The van der Waals surface area contributed by atoms with E-state index in [0.717, 1.165) is 0 Å². The van der Waals surface area contributed by atoms with Crippen LogP contribution in [0.2, 0.25) is 0 Å². The average Bonchev–Trinajstić information content (AvgIpc) is 2.47. The smallest absolute Gasteiger partial charge is 0.142 e. The van der Waals surface area contributed by atoms with Crippen LogP contribution in [0.3, 0.4) is 0 Å². The van der Waals surface area contributed by atoms with Crippen LogP contribution in [0.25, 0.3) is 6.08 Å². The van der Waals surface area contributed by atoms with Crippen LogP contribution < -0.4 is 0 Å². The third-order valence-electron chi connectivity index (χ3n) is 1.18. The molecule has 0 radical (unpaired) electrons. The first-order valence-corrected chi connectivity index (χ1v) is 3.09. The fourth-order valence-corrected chi connectivity index (χ4v) is 0.691. The van der Waals surface area contributed by atoms with Gasteiger partial charge in [0.15, 0.2) is 0 Å². The predicted octanol–water partition coefficient (Wildman–Crippen LogP) is 0.287. The van der Waals surface area contributed by atoms with E-state index in [4.69, 9.17) is 10.4 Å². The van der Waals surface area contributed by atoms with Crippen molar-refractivity contribution >= 4 is 6.08 Å². The number of hydrogen-bond donors (Lipinski definition) is 2. The van der Waals surface area contributed by atoms with Crippen molar-refractivity contribution in [1.82, 2.24) is 10.2 Å². The molecule has 0 aliphatic rings. The van der Waals surface area contributed by atoms with Gasteiger partial charge < -0.3 is 5.11 Å². The van der Waals surface area contributed by atoms with Crippen LogP contribution in [-0.4, -0.2) is 21.9 Å². The van der Waals surface area contributed by atoms with E-state index < -0.39 is 0 Å². The summed E-state index contributed by atoms with van der Waals surface area (Å²) in [5, 5.41) is 23.1. The summed E-state index contributed by atoms with van der Waals surface area (Å²) in [6.07, 6.45) is 4.72. The Morgan fingerprint density at radius 2 is 2.64 bits per heavy atom. The summed E-state index contributed by atoms with van der Waals surface area (Å²) in [7, 11) is 0. The monoisotopic (exact) mass is 149 g/mol. The number of nitrogens with one attached hydrogen (secondary N) is 1. The molecule has 2 N–H and O–H groups in total. The molecule has 1 aromatic rings. The maximum Gasteiger partial charge on any atom is 0.142 e. The number of rotatable bonds is 2. The van der Waals surface area contributed by atoms with Gasteiger partial charge in [-0.1, -0.05) is 12.2 Å². The summed E-state index contributed by atoms with van der Waals surface area (Å²) < 4.78 is 0. The van der Waals surface area contributed by atoms with Gasteiger partial charge in [-0.25, -0.2) is 0 Å². The number of hydrogen-bond acceptors (Lipinski definition) is 3. The second kappa shape index (κ2) is 3.54. The molecule has 1 rings (SSSR count). The lowest BCUT2D eigenvalue weighted by molar-refractivity contribution is 0.343. The van der Waals surface area contributed by atoms with Crippen molar-refractivity contribution < 1.29 is 5.11 Å². The van der Waals surface area contributed by atoms with Gasteiger partial charge in [-0.05, 0) is 0 Å². The summed E-state index contributed by atoms with van der Waals surface area (Å²) in [5.41, 5.74) is 1.11. The van der Waals surface area contributed by atoms with Crippen molar-refractivity contribution in [2.24, 2.45) is 0 Å². The highest BCUT2D eigenvalue weighted by Crippen LogP contribution is 2.04. The number of aliphatic hydroxyl groups is 1. The molecule has 0 amide bonds. The number of aromatic amines is 1. The van der Waals surface area contributed by atoms with Gasteiger partial charge in [0.25, 0.3) is 0 Å². The molecule has 11 heavy (non-hydrogen) atoms. The Hall–Kier alpha value is -1.60.